The van der Waals surface area contributed by atoms with Crippen molar-refractivity contribution in [1.29, 1.82) is 0 Å². The van der Waals surface area contributed by atoms with Gasteiger partial charge in [0, 0.05) is 18.2 Å². The molecule has 0 aliphatic rings. The third-order valence-electron chi connectivity index (χ3n) is 3.39. The molecule has 5 heteroatoms. The molecule has 0 aliphatic heterocycles. The Morgan fingerprint density at radius 2 is 2.05 bits per heavy atom. The van der Waals surface area contributed by atoms with Gasteiger partial charge in [0.25, 0.3) is 0 Å². The lowest BCUT2D eigenvalue weighted by molar-refractivity contribution is 0.311. The number of hydrogen-bond donors (Lipinski definition) is 1. The largest absolute Gasteiger partial charge is 0.493 e. The Morgan fingerprint density at radius 1 is 1.29 bits per heavy atom. The topological polar surface area (TPSA) is 62.3 Å². The second kappa shape index (κ2) is 6.63. The molecule has 1 unspecified atom stereocenters. The summed E-state index contributed by atoms with van der Waals surface area (Å²) in [5.41, 5.74) is 8.01. The van der Waals surface area contributed by atoms with Gasteiger partial charge >= 0.3 is 0 Å². The molecule has 21 heavy (non-hydrogen) atoms. The lowest BCUT2D eigenvalue weighted by atomic mass is 10.2. The van der Waals surface area contributed by atoms with Crippen LogP contribution in [-0.4, -0.2) is 23.3 Å². The number of ether oxygens (including phenoxy) is 2. The molecular weight excluding hydrogens is 266 g/mol. The van der Waals surface area contributed by atoms with E-state index in [4.69, 9.17) is 15.2 Å². The third-order valence-corrected chi connectivity index (χ3v) is 3.39. The average Bonchev–Trinajstić information content (AvgIpc) is 2.92. The molecule has 0 saturated carbocycles. The number of nitrogens with two attached hydrogens (primary N) is 1. The Balaban J connectivity index is 2.47. The van der Waals surface area contributed by atoms with Gasteiger partial charge in [-0.05, 0) is 39.0 Å². The molecule has 0 amide bonds. The van der Waals surface area contributed by atoms with Crippen molar-refractivity contribution in [2.45, 2.75) is 33.4 Å². The summed E-state index contributed by atoms with van der Waals surface area (Å²) in [6, 6.07) is 5.81. The summed E-state index contributed by atoms with van der Waals surface area (Å²) >= 11 is 0. The van der Waals surface area contributed by atoms with Gasteiger partial charge in [-0.2, -0.15) is 0 Å². The highest BCUT2D eigenvalue weighted by Gasteiger charge is 2.15. The van der Waals surface area contributed by atoms with Gasteiger partial charge in [-0.25, -0.2) is 4.98 Å². The van der Waals surface area contributed by atoms with Gasteiger partial charge < -0.3 is 19.8 Å². The fraction of sp³-hybridized carbons (Fsp3) is 0.438. The number of benzene rings is 1. The highest BCUT2D eigenvalue weighted by molar-refractivity contribution is 5.62. The van der Waals surface area contributed by atoms with Crippen LogP contribution in [0.25, 0.3) is 11.4 Å². The molecule has 1 heterocycles. The van der Waals surface area contributed by atoms with E-state index in [0.29, 0.717) is 12.4 Å². The minimum Gasteiger partial charge on any atom is -0.493 e. The highest BCUT2D eigenvalue weighted by Crippen LogP contribution is 2.32. The number of hydrogen-bond acceptors (Lipinski definition) is 4. The van der Waals surface area contributed by atoms with Crippen LogP contribution in [0.3, 0.4) is 0 Å². The van der Waals surface area contributed by atoms with Crippen molar-refractivity contribution in [3.05, 3.63) is 30.1 Å². The zero-order chi connectivity index (χ0) is 15.4. The van der Waals surface area contributed by atoms with Crippen molar-refractivity contribution in [3.63, 3.8) is 0 Å². The lowest BCUT2D eigenvalue weighted by Gasteiger charge is -2.14. The van der Waals surface area contributed by atoms with Crippen molar-refractivity contribution < 1.29 is 9.47 Å². The number of imidazole rings is 1. The Hall–Kier alpha value is -2.01. The van der Waals surface area contributed by atoms with Crippen molar-refractivity contribution in [2.75, 3.05) is 13.7 Å². The summed E-state index contributed by atoms with van der Waals surface area (Å²) in [5.74, 6) is 2.35. The summed E-state index contributed by atoms with van der Waals surface area (Å²) < 4.78 is 13.1. The van der Waals surface area contributed by atoms with Gasteiger partial charge in [0.1, 0.15) is 5.82 Å². The first-order chi connectivity index (χ1) is 10.1. The summed E-state index contributed by atoms with van der Waals surface area (Å²) in [5, 5.41) is 0. The number of aromatic nitrogens is 2. The lowest BCUT2D eigenvalue weighted by Crippen LogP contribution is -2.12. The van der Waals surface area contributed by atoms with E-state index in [0.717, 1.165) is 29.4 Å². The summed E-state index contributed by atoms with van der Waals surface area (Å²) in [6.07, 6.45) is 1.84. The number of nitrogens with zero attached hydrogens (tertiary/aromatic N) is 2. The van der Waals surface area contributed by atoms with Crippen LogP contribution in [0, 0.1) is 0 Å². The Bertz CT molecular complexity index is 606. The van der Waals surface area contributed by atoms with E-state index < -0.39 is 0 Å². The van der Waals surface area contributed by atoms with Gasteiger partial charge in [-0.1, -0.05) is 0 Å². The standard InChI is InChI=1S/C16H23N3O2/c1-5-19-13(11(3)17)10-18-16(19)12-7-8-14(21-6-2)15(9-12)20-4/h7-11H,5-6,17H2,1-4H3. The molecule has 1 aromatic heterocycles. The molecule has 0 saturated heterocycles. The minimum atomic E-state index is -0.0456. The monoisotopic (exact) mass is 289 g/mol. The van der Waals surface area contributed by atoms with Gasteiger partial charge in [-0.15, -0.1) is 0 Å². The van der Waals surface area contributed by atoms with E-state index in [1.165, 1.54) is 0 Å². The van der Waals surface area contributed by atoms with Crippen LogP contribution in [0.15, 0.2) is 24.4 Å². The minimum absolute atomic E-state index is 0.0456. The maximum atomic E-state index is 6.00. The van der Waals surface area contributed by atoms with E-state index in [1.54, 1.807) is 7.11 Å². The van der Waals surface area contributed by atoms with Crippen LogP contribution in [0.4, 0.5) is 0 Å². The molecule has 0 aliphatic carbocycles. The van der Waals surface area contributed by atoms with Crippen LogP contribution in [0.2, 0.25) is 0 Å². The second-order valence-electron chi connectivity index (χ2n) is 4.84. The van der Waals surface area contributed by atoms with Crippen LogP contribution in [-0.2, 0) is 6.54 Å². The molecular formula is C16H23N3O2. The van der Waals surface area contributed by atoms with Crippen molar-refractivity contribution >= 4 is 0 Å². The van der Waals surface area contributed by atoms with Crippen LogP contribution in [0.5, 0.6) is 11.5 Å². The summed E-state index contributed by atoms with van der Waals surface area (Å²) in [6.45, 7) is 7.43. The summed E-state index contributed by atoms with van der Waals surface area (Å²) in [4.78, 5) is 4.52. The van der Waals surface area contributed by atoms with Crippen LogP contribution in [0.1, 0.15) is 32.5 Å². The Kier molecular flexibility index (Phi) is 4.85. The van der Waals surface area contributed by atoms with Crippen molar-refractivity contribution in [1.82, 2.24) is 9.55 Å². The normalized spacial score (nSPS) is 12.2. The fourth-order valence-corrected chi connectivity index (χ4v) is 2.40. The van der Waals surface area contributed by atoms with E-state index >= 15 is 0 Å². The maximum absolute atomic E-state index is 6.00. The number of methoxy groups -OCH3 is 1. The van der Waals surface area contributed by atoms with Crippen molar-refractivity contribution in [3.8, 4) is 22.9 Å². The first kappa shape index (κ1) is 15.4. The van der Waals surface area contributed by atoms with Crippen LogP contribution < -0.4 is 15.2 Å². The SMILES string of the molecule is CCOc1ccc(-c2ncc(C(C)N)n2CC)cc1OC. The first-order valence-electron chi connectivity index (χ1n) is 7.24. The second-order valence-corrected chi connectivity index (χ2v) is 4.84. The van der Waals surface area contributed by atoms with Gasteiger partial charge in [0.2, 0.25) is 0 Å². The predicted molar refractivity (Wildman–Crippen MR) is 83.7 cm³/mol. The molecule has 5 nitrogen and oxygen atoms in total. The molecule has 114 valence electrons. The summed E-state index contributed by atoms with van der Waals surface area (Å²) in [7, 11) is 1.64. The molecule has 0 radical (unpaired) electrons. The van der Waals surface area contributed by atoms with E-state index in [1.807, 2.05) is 38.2 Å². The first-order valence-corrected chi connectivity index (χ1v) is 7.24. The predicted octanol–water partition coefficient (Wildman–Crippen LogP) is 3.00. The van der Waals surface area contributed by atoms with E-state index in [-0.39, 0.29) is 6.04 Å². The van der Waals surface area contributed by atoms with Gasteiger partial charge in [-0.3, -0.25) is 0 Å². The maximum Gasteiger partial charge on any atom is 0.161 e. The average molecular weight is 289 g/mol. The van der Waals surface area contributed by atoms with Crippen molar-refractivity contribution in [2.24, 2.45) is 5.73 Å². The smallest absolute Gasteiger partial charge is 0.161 e. The molecule has 2 rings (SSSR count). The molecule has 1 aromatic carbocycles. The van der Waals surface area contributed by atoms with E-state index in [2.05, 4.69) is 16.5 Å². The fourth-order valence-electron chi connectivity index (χ4n) is 2.40. The quantitative estimate of drug-likeness (QED) is 0.888. The number of rotatable bonds is 6. The molecule has 0 fully saturated rings. The molecule has 0 spiro atoms. The molecule has 2 aromatic rings. The zero-order valence-electron chi connectivity index (χ0n) is 13.1. The third kappa shape index (κ3) is 3.03. The molecule has 1 atom stereocenters. The van der Waals surface area contributed by atoms with Gasteiger partial charge in [0.15, 0.2) is 11.5 Å². The van der Waals surface area contributed by atoms with Gasteiger partial charge in [0.05, 0.1) is 25.6 Å². The van der Waals surface area contributed by atoms with E-state index in [9.17, 15) is 0 Å². The molecule has 2 N–H and O–H groups in total. The van der Waals surface area contributed by atoms with Crippen LogP contribution >= 0.6 is 0 Å². The Morgan fingerprint density at radius 3 is 2.62 bits per heavy atom. The zero-order valence-corrected chi connectivity index (χ0v) is 13.1. The Labute approximate surface area is 125 Å². The highest BCUT2D eigenvalue weighted by atomic mass is 16.5. The molecule has 0 bridgehead atoms.